The topological polar surface area (TPSA) is 124 Å². The number of fused-ring (bicyclic) bond motifs is 4. The number of aromatic nitrogens is 2. The van der Waals surface area contributed by atoms with Crippen LogP contribution < -0.4 is 16.0 Å². The fraction of sp³-hybridized carbons (Fsp3) is 0.455. The summed E-state index contributed by atoms with van der Waals surface area (Å²) in [5, 5.41) is 11.5. The maximum absolute atomic E-state index is 13.5. The van der Waals surface area contributed by atoms with Crippen molar-refractivity contribution in [3.05, 3.63) is 48.0 Å². The molecule has 0 fully saturated rings. The molecule has 2 heterocycles. The van der Waals surface area contributed by atoms with E-state index in [9.17, 15) is 14.4 Å². The Bertz CT molecular complexity index is 1660. The molecule has 0 saturated carbocycles. The second kappa shape index (κ2) is 12.5. The standard InChI is InChI=1S/C33H43N5O5/c1-20-22-13-9-10-14-24(22)36-28-27(20)23-19-21(16-17-26(23)38(28)8)35-29(39)25(37-31(41)43-33(5,6)7)15-11-12-18-34-30(40)42-32(2,3)4/h9-10,13-14,16-17,19,25H,11-12,15,18H2,1-8H3,(H,34,40)(H,35,39)(H,37,41)/t25-/m0/s1. The average Bonchev–Trinajstić information content (AvgIpc) is 3.17. The van der Waals surface area contributed by atoms with E-state index in [1.807, 2.05) is 43.4 Å². The van der Waals surface area contributed by atoms with Crippen LogP contribution in [0.5, 0.6) is 0 Å². The highest BCUT2D eigenvalue weighted by Gasteiger charge is 2.25. The molecule has 0 radical (unpaired) electrons. The van der Waals surface area contributed by atoms with E-state index in [0.717, 1.165) is 38.4 Å². The summed E-state index contributed by atoms with van der Waals surface area (Å²) in [6.45, 7) is 13.2. The Labute approximate surface area is 252 Å². The first-order chi connectivity index (χ1) is 20.1. The number of hydrogen-bond acceptors (Lipinski definition) is 6. The van der Waals surface area contributed by atoms with Crippen LogP contribution >= 0.6 is 0 Å². The molecule has 0 aliphatic carbocycles. The van der Waals surface area contributed by atoms with Gasteiger partial charge in [0.2, 0.25) is 5.91 Å². The first-order valence-corrected chi connectivity index (χ1v) is 14.7. The Kier molecular flexibility index (Phi) is 9.18. The second-order valence-electron chi connectivity index (χ2n) is 12.9. The third-order valence-corrected chi connectivity index (χ3v) is 6.94. The summed E-state index contributed by atoms with van der Waals surface area (Å²) in [5.41, 5.74) is 3.25. The fourth-order valence-corrected chi connectivity index (χ4v) is 5.07. The van der Waals surface area contributed by atoms with E-state index in [1.54, 1.807) is 41.5 Å². The lowest BCUT2D eigenvalue weighted by Crippen LogP contribution is -2.45. The number of carbonyl (C=O) groups excluding carboxylic acids is 3. The molecule has 0 spiro atoms. The van der Waals surface area contributed by atoms with Crippen LogP contribution in [0.1, 0.15) is 66.4 Å². The van der Waals surface area contributed by atoms with Crippen LogP contribution in [0.3, 0.4) is 0 Å². The number of carbonyl (C=O) groups is 3. The third-order valence-electron chi connectivity index (χ3n) is 6.94. The third kappa shape index (κ3) is 7.94. The monoisotopic (exact) mass is 589 g/mol. The molecule has 4 aromatic rings. The number of rotatable bonds is 8. The molecule has 43 heavy (non-hydrogen) atoms. The van der Waals surface area contributed by atoms with E-state index in [0.29, 0.717) is 31.5 Å². The van der Waals surface area contributed by atoms with Crippen LogP contribution in [0, 0.1) is 6.92 Å². The molecule has 3 amide bonds. The number of nitrogens with one attached hydrogen (secondary N) is 3. The van der Waals surface area contributed by atoms with Gasteiger partial charge in [-0.25, -0.2) is 14.6 Å². The number of aryl methyl sites for hydroxylation is 2. The lowest BCUT2D eigenvalue weighted by molar-refractivity contribution is -0.118. The Morgan fingerprint density at radius 2 is 1.58 bits per heavy atom. The summed E-state index contributed by atoms with van der Waals surface area (Å²) in [4.78, 5) is 43.0. The van der Waals surface area contributed by atoms with Crippen molar-refractivity contribution in [3.8, 4) is 0 Å². The largest absolute Gasteiger partial charge is 0.444 e. The molecule has 230 valence electrons. The van der Waals surface area contributed by atoms with Gasteiger partial charge in [-0.15, -0.1) is 0 Å². The molecular weight excluding hydrogens is 546 g/mol. The summed E-state index contributed by atoms with van der Waals surface area (Å²) < 4.78 is 12.7. The average molecular weight is 590 g/mol. The fourth-order valence-electron chi connectivity index (χ4n) is 5.07. The van der Waals surface area contributed by atoms with Crippen molar-refractivity contribution in [2.75, 3.05) is 11.9 Å². The molecule has 0 aliphatic heterocycles. The molecule has 0 aliphatic rings. The molecule has 10 nitrogen and oxygen atoms in total. The molecule has 0 unspecified atom stereocenters. The van der Waals surface area contributed by atoms with Crippen molar-refractivity contribution >= 4 is 56.6 Å². The number of amides is 3. The van der Waals surface area contributed by atoms with Gasteiger partial charge in [0.05, 0.1) is 11.0 Å². The SMILES string of the molecule is Cc1c2ccccc2nc2c1c1cc(NC(=O)[C@H](CCCCNC(=O)OC(C)(C)C)NC(=O)OC(C)(C)C)ccc1n2C. The molecule has 3 N–H and O–H groups in total. The highest BCUT2D eigenvalue weighted by Crippen LogP contribution is 2.34. The van der Waals surface area contributed by atoms with Crippen LogP contribution in [0.25, 0.3) is 32.8 Å². The number of hydrogen-bond donors (Lipinski definition) is 3. The van der Waals surface area contributed by atoms with Crippen molar-refractivity contribution in [1.82, 2.24) is 20.2 Å². The van der Waals surface area contributed by atoms with E-state index in [-0.39, 0.29) is 5.91 Å². The molecular formula is C33H43N5O5. The molecule has 1 atom stereocenters. The Hall–Kier alpha value is -4.34. The van der Waals surface area contributed by atoms with E-state index in [4.69, 9.17) is 14.5 Å². The first kappa shape index (κ1) is 31.6. The summed E-state index contributed by atoms with van der Waals surface area (Å²) in [7, 11) is 1.99. The number of anilines is 1. The quantitative estimate of drug-likeness (QED) is 0.196. The van der Waals surface area contributed by atoms with Gasteiger partial charge in [0.15, 0.2) is 0 Å². The molecule has 0 bridgehead atoms. The van der Waals surface area contributed by atoms with Gasteiger partial charge >= 0.3 is 12.2 Å². The van der Waals surface area contributed by atoms with Gasteiger partial charge in [-0.3, -0.25) is 4.79 Å². The summed E-state index contributed by atoms with van der Waals surface area (Å²) in [6, 6.07) is 13.0. The van der Waals surface area contributed by atoms with Gasteiger partial charge in [0.1, 0.15) is 22.9 Å². The highest BCUT2D eigenvalue weighted by atomic mass is 16.6. The van der Waals surface area contributed by atoms with Crippen molar-refractivity contribution < 1.29 is 23.9 Å². The minimum Gasteiger partial charge on any atom is -0.444 e. The van der Waals surface area contributed by atoms with Gasteiger partial charge in [-0.2, -0.15) is 0 Å². The van der Waals surface area contributed by atoms with Gasteiger partial charge in [0.25, 0.3) is 0 Å². The number of pyridine rings is 1. The van der Waals surface area contributed by atoms with Crippen LogP contribution in [0.15, 0.2) is 42.5 Å². The van der Waals surface area contributed by atoms with Gasteiger partial charge < -0.3 is 30.0 Å². The number of para-hydroxylation sites is 1. The Morgan fingerprint density at radius 1 is 0.907 bits per heavy atom. The van der Waals surface area contributed by atoms with Crippen molar-refractivity contribution in [2.45, 2.75) is 85.0 Å². The second-order valence-corrected chi connectivity index (χ2v) is 12.9. The first-order valence-electron chi connectivity index (χ1n) is 14.7. The number of alkyl carbamates (subject to hydrolysis) is 2. The smallest absolute Gasteiger partial charge is 0.408 e. The number of unbranched alkanes of at least 4 members (excludes halogenated alkanes) is 1. The summed E-state index contributed by atoms with van der Waals surface area (Å²) >= 11 is 0. The minimum absolute atomic E-state index is 0.354. The van der Waals surface area contributed by atoms with E-state index in [2.05, 4.69) is 33.5 Å². The molecule has 10 heteroatoms. The summed E-state index contributed by atoms with van der Waals surface area (Å²) in [6.07, 6.45) is 0.367. The summed E-state index contributed by atoms with van der Waals surface area (Å²) in [5.74, 6) is -0.356. The maximum atomic E-state index is 13.5. The number of benzene rings is 2. The van der Waals surface area contributed by atoms with Crippen LogP contribution in [-0.4, -0.2) is 51.4 Å². The van der Waals surface area contributed by atoms with Crippen LogP contribution in [-0.2, 0) is 21.3 Å². The lowest BCUT2D eigenvalue weighted by Gasteiger charge is -2.23. The predicted molar refractivity (Wildman–Crippen MR) is 170 cm³/mol. The van der Waals surface area contributed by atoms with Crippen molar-refractivity contribution in [3.63, 3.8) is 0 Å². The van der Waals surface area contributed by atoms with E-state index < -0.39 is 29.4 Å². The Balaban J connectivity index is 1.52. The molecule has 2 aromatic carbocycles. The molecule has 0 saturated heterocycles. The zero-order chi connectivity index (χ0) is 31.5. The van der Waals surface area contributed by atoms with Crippen LogP contribution in [0.4, 0.5) is 15.3 Å². The Morgan fingerprint density at radius 3 is 2.28 bits per heavy atom. The highest BCUT2D eigenvalue weighted by molar-refractivity contribution is 6.14. The molecule has 4 rings (SSSR count). The van der Waals surface area contributed by atoms with Gasteiger partial charge in [0, 0.05) is 35.4 Å². The van der Waals surface area contributed by atoms with Crippen molar-refractivity contribution in [1.29, 1.82) is 0 Å². The molecule has 2 aromatic heterocycles. The minimum atomic E-state index is -0.841. The number of ether oxygens (including phenoxy) is 2. The van der Waals surface area contributed by atoms with Crippen molar-refractivity contribution in [2.24, 2.45) is 7.05 Å². The number of nitrogens with zero attached hydrogens (tertiary/aromatic N) is 2. The normalized spacial score (nSPS) is 12.7. The van der Waals surface area contributed by atoms with E-state index in [1.165, 1.54) is 0 Å². The maximum Gasteiger partial charge on any atom is 0.408 e. The van der Waals surface area contributed by atoms with Gasteiger partial charge in [-0.05, 0) is 97.6 Å². The van der Waals surface area contributed by atoms with Gasteiger partial charge in [-0.1, -0.05) is 18.2 Å². The lowest BCUT2D eigenvalue weighted by atomic mass is 10.0. The van der Waals surface area contributed by atoms with E-state index >= 15 is 0 Å². The zero-order valence-corrected chi connectivity index (χ0v) is 26.4. The van der Waals surface area contributed by atoms with Crippen LogP contribution in [0.2, 0.25) is 0 Å². The zero-order valence-electron chi connectivity index (χ0n) is 26.4. The predicted octanol–water partition coefficient (Wildman–Crippen LogP) is 6.71.